The molecule has 1 aliphatic rings. The quantitative estimate of drug-likeness (QED) is 0.766. The van der Waals surface area contributed by atoms with Crippen LogP contribution >= 0.6 is 0 Å². The van der Waals surface area contributed by atoms with Crippen LogP contribution in [0.5, 0.6) is 0 Å². The number of hydrogen-bond acceptors (Lipinski definition) is 4. The number of aromatic nitrogens is 2. The van der Waals surface area contributed by atoms with E-state index in [4.69, 9.17) is 0 Å². The van der Waals surface area contributed by atoms with E-state index in [1.54, 1.807) is 11.1 Å². The summed E-state index contributed by atoms with van der Waals surface area (Å²) < 4.78 is 0. The molecule has 1 N–H and O–H groups in total. The molecule has 0 spiro atoms. The number of rotatable bonds is 2. The molecule has 0 aromatic carbocycles. The molecule has 1 fully saturated rings. The Labute approximate surface area is 88.5 Å². The molecule has 1 unspecified atom stereocenters. The first-order chi connectivity index (χ1) is 7.25. The van der Waals surface area contributed by atoms with Gasteiger partial charge < -0.3 is 10.2 Å². The van der Waals surface area contributed by atoms with Crippen molar-refractivity contribution in [3.63, 3.8) is 0 Å². The average Bonchev–Trinajstić information content (AvgIpc) is 2.25. The van der Waals surface area contributed by atoms with Crippen molar-refractivity contribution in [3.05, 3.63) is 18.6 Å². The average molecular weight is 206 g/mol. The van der Waals surface area contributed by atoms with Gasteiger partial charge in [0.15, 0.2) is 0 Å². The zero-order valence-electron chi connectivity index (χ0n) is 8.68. The molecule has 0 saturated carbocycles. The topological polar surface area (TPSA) is 58.1 Å². The number of piperidine rings is 1. The summed E-state index contributed by atoms with van der Waals surface area (Å²) in [5.74, 6) is 1.04. The Hall–Kier alpha value is -1.65. The molecule has 80 valence electrons. The van der Waals surface area contributed by atoms with E-state index in [0.29, 0.717) is 12.5 Å². The molecule has 1 aliphatic heterocycles. The minimum atomic E-state index is 0.218. The number of carbonyl (C=O) groups excluding carboxylic acids is 1. The predicted octanol–water partition coefficient (Wildman–Crippen LogP) is 0.509. The van der Waals surface area contributed by atoms with Gasteiger partial charge in [-0.05, 0) is 12.5 Å². The number of hydrogen-bond donors (Lipinski definition) is 1. The van der Waals surface area contributed by atoms with Gasteiger partial charge in [0.1, 0.15) is 12.1 Å². The molecule has 5 heteroatoms. The molecule has 1 saturated heterocycles. The summed E-state index contributed by atoms with van der Waals surface area (Å²) in [5, 5.41) is 3.29. The van der Waals surface area contributed by atoms with E-state index >= 15 is 0 Å². The van der Waals surface area contributed by atoms with Crippen LogP contribution in [0.2, 0.25) is 0 Å². The van der Waals surface area contributed by atoms with Crippen LogP contribution in [0.4, 0.5) is 5.82 Å². The third kappa shape index (κ3) is 2.43. The maximum absolute atomic E-state index is 11.3. The number of likely N-dealkylation sites (N-methyl/N-ethyl adjacent to an activating group) is 1. The lowest BCUT2D eigenvalue weighted by molar-refractivity contribution is -0.132. The third-order valence-corrected chi connectivity index (χ3v) is 2.56. The summed E-state index contributed by atoms with van der Waals surface area (Å²) in [6.07, 6.45) is 4.69. The van der Waals surface area contributed by atoms with Gasteiger partial charge in [0, 0.05) is 32.3 Å². The van der Waals surface area contributed by atoms with Crippen LogP contribution in [0.1, 0.15) is 12.8 Å². The first-order valence-electron chi connectivity index (χ1n) is 5.02. The van der Waals surface area contributed by atoms with Crippen molar-refractivity contribution < 1.29 is 4.79 Å². The van der Waals surface area contributed by atoms with Crippen molar-refractivity contribution in [2.24, 2.45) is 0 Å². The van der Waals surface area contributed by atoms with Crippen LogP contribution in [-0.2, 0) is 4.79 Å². The molecule has 15 heavy (non-hydrogen) atoms. The van der Waals surface area contributed by atoms with Crippen molar-refractivity contribution in [2.75, 3.05) is 18.9 Å². The van der Waals surface area contributed by atoms with Crippen LogP contribution in [0.3, 0.4) is 0 Å². The fourth-order valence-electron chi connectivity index (χ4n) is 1.72. The van der Waals surface area contributed by atoms with Gasteiger partial charge in [-0.3, -0.25) is 4.79 Å². The van der Waals surface area contributed by atoms with Crippen LogP contribution < -0.4 is 5.32 Å². The van der Waals surface area contributed by atoms with Crippen molar-refractivity contribution >= 4 is 11.7 Å². The smallest absolute Gasteiger partial charge is 0.222 e. The molecule has 5 nitrogen and oxygen atoms in total. The Bertz CT molecular complexity index is 341. The summed E-state index contributed by atoms with van der Waals surface area (Å²) >= 11 is 0. The lowest BCUT2D eigenvalue weighted by Crippen LogP contribution is -2.43. The standard InChI is InChI=1S/C10H14N4O/c1-14-6-8(2-3-10(14)15)13-9-4-5-11-7-12-9/h4-5,7-8H,2-3,6H2,1H3,(H,11,12,13). The van der Waals surface area contributed by atoms with E-state index in [1.807, 2.05) is 13.1 Å². The molecule has 1 aromatic rings. The molecule has 2 rings (SSSR count). The second kappa shape index (κ2) is 4.25. The first-order valence-corrected chi connectivity index (χ1v) is 5.02. The van der Waals surface area contributed by atoms with Crippen LogP contribution in [0, 0.1) is 0 Å². The number of likely N-dealkylation sites (tertiary alicyclic amines) is 1. The highest BCUT2D eigenvalue weighted by atomic mass is 16.2. The predicted molar refractivity (Wildman–Crippen MR) is 56.3 cm³/mol. The number of nitrogens with one attached hydrogen (secondary N) is 1. The zero-order valence-corrected chi connectivity index (χ0v) is 8.68. The van der Waals surface area contributed by atoms with Gasteiger partial charge in [0.2, 0.25) is 5.91 Å². The maximum Gasteiger partial charge on any atom is 0.222 e. The number of nitrogens with zero attached hydrogens (tertiary/aromatic N) is 3. The fourth-order valence-corrected chi connectivity index (χ4v) is 1.72. The summed E-state index contributed by atoms with van der Waals surface area (Å²) in [4.78, 5) is 21.0. The Kier molecular flexibility index (Phi) is 2.80. The molecule has 0 bridgehead atoms. The Morgan fingerprint density at radius 1 is 1.60 bits per heavy atom. The minimum Gasteiger partial charge on any atom is -0.365 e. The molecule has 0 aliphatic carbocycles. The van der Waals surface area contributed by atoms with Gasteiger partial charge in [0.05, 0.1) is 0 Å². The molecule has 1 atom stereocenters. The molecular formula is C10H14N4O. The number of amides is 1. The van der Waals surface area contributed by atoms with Gasteiger partial charge >= 0.3 is 0 Å². The number of anilines is 1. The van der Waals surface area contributed by atoms with Crippen molar-refractivity contribution in [2.45, 2.75) is 18.9 Å². The van der Waals surface area contributed by atoms with Gasteiger partial charge in [-0.1, -0.05) is 0 Å². The van der Waals surface area contributed by atoms with Crippen LogP contribution in [0.25, 0.3) is 0 Å². The van der Waals surface area contributed by atoms with Gasteiger partial charge in [-0.15, -0.1) is 0 Å². The van der Waals surface area contributed by atoms with E-state index in [9.17, 15) is 4.79 Å². The number of carbonyl (C=O) groups is 1. The lowest BCUT2D eigenvalue weighted by Gasteiger charge is -2.30. The van der Waals surface area contributed by atoms with Crippen molar-refractivity contribution in [1.29, 1.82) is 0 Å². The molecule has 1 aromatic heterocycles. The summed E-state index contributed by atoms with van der Waals surface area (Å²) in [5.41, 5.74) is 0. The highest BCUT2D eigenvalue weighted by Crippen LogP contribution is 2.13. The van der Waals surface area contributed by atoms with Crippen molar-refractivity contribution in [1.82, 2.24) is 14.9 Å². The molecule has 1 amide bonds. The lowest BCUT2D eigenvalue weighted by atomic mass is 10.1. The summed E-state index contributed by atoms with van der Waals surface area (Å²) in [7, 11) is 1.83. The highest BCUT2D eigenvalue weighted by Gasteiger charge is 2.22. The highest BCUT2D eigenvalue weighted by molar-refractivity contribution is 5.76. The zero-order chi connectivity index (χ0) is 10.7. The van der Waals surface area contributed by atoms with E-state index in [2.05, 4.69) is 15.3 Å². The third-order valence-electron chi connectivity index (χ3n) is 2.56. The monoisotopic (exact) mass is 206 g/mol. The molecular weight excluding hydrogens is 192 g/mol. The Morgan fingerprint density at radius 2 is 2.47 bits per heavy atom. The van der Waals surface area contributed by atoms with Gasteiger partial charge in [0.25, 0.3) is 0 Å². The second-order valence-electron chi connectivity index (χ2n) is 3.75. The van der Waals surface area contributed by atoms with Crippen LogP contribution in [-0.4, -0.2) is 40.4 Å². The van der Waals surface area contributed by atoms with E-state index < -0.39 is 0 Å². The van der Waals surface area contributed by atoms with E-state index in [0.717, 1.165) is 18.8 Å². The summed E-state index contributed by atoms with van der Waals surface area (Å²) in [6, 6.07) is 2.12. The SMILES string of the molecule is CN1CC(Nc2ccncn2)CCC1=O. The first kappa shape index (κ1) is 9.89. The fraction of sp³-hybridized carbons (Fsp3) is 0.500. The van der Waals surface area contributed by atoms with Gasteiger partial charge in [-0.25, -0.2) is 9.97 Å². The van der Waals surface area contributed by atoms with Gasteiger partial charge in [-0.2, -0.15) is 0 Å². The van der Waals surface area contributed by atoms with Crippen LogP contribution in [0.15, 0.2) is 18.6 Å². The normalized spacial score (nSPS) is 21.5. The molecule has 0 radical (unpaired) electrons. The van der Waals surface area contributed by atoms with E-state index in [1.165, 1.54) is 6.33 Å². The minimum absolute atomic E-state index is 0.218. The maximum atomic E-state index is 11.3. The van der Waals surface area contributed by atoms with Crippen molar-refractivity contribution in [3.8, 4) is 0 Å². The Morgan fingerprint density at radius 3 is 3.13 bits per heavy atom. The Balaban J connectivity index is 1.94. The summed E-state index contributed by atoms with van der Waals surface area (Å²) in [6.45, 7) is 0.739. The second-order valence-corrected chi connectivity index (χ2v) is 3.75. The largest absolute Gasteiger partial charge is 0.365 e. The molecule has 2 heterocycles. The van der Waals surface area contributed by atoms with E-state index in [-0.39, 0.29) is 5.91 Å².